The van der Waals surface area contributed by atoms with Crippen LogP contribution in [0.3, 0.4) is 0 Å². The average Bonchev–Trinajstić information content (AvgIpc) is 3.07. The van der Waals surface area contributed by atoms with Gasteiger partial charge in [-0.15, -0.1) is 0 Å². The molecular weight excluding hydrogens is 296 g/mol. The molecule has 2 aromatic carbocycles. The number of ether oxygens (including phenoxy) is 3. The number of rotatable bonds is 5. The SMILES string of the molecule is COC(=O)[C@@H](CC(=O)c1ccccc1)c1ccc2c(c1)OCO2. The van der Waals surface area contributed by atoms with Crippen molar-refractivity contribution in [3.63, 3.8) is 0 Å². The third kappa shape index (κ3) is 3.18. The highest BCUT2D eigenvalue weighted by atomic mass is 16.7. The van der Waals surface area contributed by atoms with Crippen LogP contribution in [-0.2, 0) is 9.53 Å². The number of ketones is 1. The Morgan fingerprint density at radius 3 is 2.57 bits per heavy atom. The Labute approximate surface area is 133 Å². The number of Topliss-reactive ketones (excluding diaryl/α,β-unsaturated/α-hetero) is 1. The van der Waals surface area contributed by atoms with Crippen molar-refractivity contribution in [3.8, 4) is 11.5 Å². The van der Waals surface area contributed by atoms with Gasteiger partial charge in [-0.3, -0.25) is 9.59 Å². The molecule has 0 saturated heterocycles. The zero-order valence-electron chi connectivity index (χ0n) is 12.7. The smallest absolute Gasteiger partial charge is 0.313 e. The summed E-state index contributed by atoms with van der Waals surface area (Å²) >= 11 is 0. The minimum Gasteiger partial charge on any atom is -0.469 e. The second-order valence-electron chi connectivity index (χ2n) is 5.18. The van der Waals surface area contributed by atoms with Gasteiger partial charge in [0.25, 0.3) is 0 Å². The highest BCUT2D eigenvalue weighted by molar-refractivity contribution is 5.99. The number of hydrogen-bond donors (Lipinski definition) is 0. The van der Waals surface area contributed by atoms with Crippen molar-refractivity contribution >= 4 is 11.8 Å². The Morgan fingerprint density at radius 2 is 1.83 bits per heavy atom. The minimum atomic E-state index is -0.679. The number of carbonyl (C=O) groups excluding carboxylic acids is 2. The molecule has 3 rings (SSSR count). The largest absolute Gasteiger partial charge is 0.469 e. The fourth-order valence-corrected chi connectivity index (χ4v) is 2.54. The van der Waals surface area contributed by atoms with Crippen molar-refractivity contribution in [2.24, 2.45) is 0 Å². The van der Waals surface area contributed by atoms with Gasteiger partial charge in [0.1, 0.15) is 0 Å². The Morgan fingerprint density at radius 1 is 1.09 bits per heavy atom. The predicted octanol–water partition coefficient (Wildman–Crippen LogP) is 2.94. The van der Waals surface area contributed by atoms with Crippen LogP contribution in [-0.4, -0.2) is 25.7 Å². The van der Waals surface area contributed by atoms with E-state index in [2.05, 4.69) is 0 Å². The van der Waals surface area contributed by atoms with Crippen LogP contribution in [0.2, 0.25) is 0 Å². The Balaban J connectivity index is 1.86. The first-order valence-electron chi connectivity index (χ1n) is 7.24. The lowest BCUT2D eigenvalue weighted by atomic mass is 9.91. The molecule has 23 heavy (non-hydrogen) atoms. The summed E-state index contributed by atoms with van der Waals surface area (Å²) in [5.74, 6) is -0.0377. The lowest BCUT2D eigenvalue weighted by Gasteiger charge is -2.15. The van der Waals surface area contributed by atoms with E-state index in [-0.39, 0.29) is 19.0 Å². The van der Waals surface area contributed by atoms with Crippen LogP contribution >= 0.6 is 0 Å². The normalized spacial score (nSPS) is 13.4. The van der Waals surface area contributed by atoms with E-state index in [1.165, 1.54) is 7.11 Å². The first-order chi connectivity index (χ1) is 11.2. The van der Waals surface area contributed by atoms with Gasteiger partial charge in [-0.25, -0.2) is 0 Å². The summed E-state index contributed by atoms with van der Waals surface area (Å²) in [4.78, 5) is 24.6. The molecule has 1 heterocycles. The summed E-state index contributed by atoms with van der Waals surface area (Å²) in [6.45, 7) is 0.157. The van der Waals surface area contributed by atoms with Crippen molar-refractivity contribution in [3.05, 3.63) is 59.7 Å². The highest BCUT2D eigenvalue weighted by Crippen LogP contribution is 2.36. The number of hydrogen-bond acceptors (Lipinski definition) is 5. The molecule has 2 aromatic rings. The van der Waals surface area contributed by atoms with E-state index in [4.69, 9.17) is 14.2 Å². The molecule has 0 aromatic heterocycles. The monoisotopic (exact) mass is 312 g/mol. The molecule has 0 bridgehead atoms. The molecule has 0 saturated carbocycles. The fourth-order valence-electron chi connectivity index (χ4n) is 2.54. The molecule has 5 nitrogen and oxygen atoms in total. The van der Waals surface area contributed by atoms with Gasteiger partial charge in [0.05, 0.1) is 13.0 Å². The predicted molar refractivity (Wildman–Crippen MR) is 82.7 cm³/mol. The third-order valence-electron chi connectivity index (χ3n) is 3.77. The third-order valence-corrected chi connectivity index (χ3v) is 3.77. The summed E-state index contributed by atoms with van der Waals surface area (Å²) in [7, 11) is 1.31. The van der Waals surface area contributed by atoms with E-state index in [1.54, 1.807) is 42.5 Å². The van der Waals surface area contributed by atoms with E-state index in [0.717, 1.165) is 0 Å². The van der Waals surface area contributed by atoms with Crippen LogP contribution in [0.1, 0.15) is 28.3 Å². The summed E-state index contributed by atoms with van der Waals surface area (Å²) in [6.07, 6.45) is 0.0380. The zero-order chi connectivity index (χ0) is 16.2. The quantitative estimate of drug-likeness (QED) is 0.627. The Hall–Kier alpha value is -2.82. The molecule has 0 spiro atoms. The van der Waals surface area contributed by atoms with E-state index in [0.29, 0.717) is 22.6 Å². The lowest BCUT2D eigenvalue weighted by Crippen LogP contribution is -2.18. The lowest BCUT2D eigenvalue weighted by molar-refractivity contribution is -0.142. The van der Waals surface area contributed by atoms with Crippen molar-refractivity contribution in [2.45, 2.75) is 12.3 Å². The number of benzene rings is 2. The first kappa shape index (κ1) is 15.1. The second kappa shape index (κ2) is 6.52. The maximum atomic E-state index is 12.4. The van der Waals surface area contributed by atoms with Gasteiger partial charge >= 0.3 is 5.97 Å². The summed E-state index contributed by atoms with van der Waals surface area (Å²) in [6, 6.07) is 14.1. The molecule has 118 valence electrons. The number of fused-ring (bicyclic) bond motifs is 1. The number of carbonyl (C=O) groups is 2. The molecule has 0 unspecified atom stereocenters. The van der Waals surface area contributed by atoms with Gasteiger partial charge < -0.3 is 14.2 Å². The Kier molecular flexibility index (Phi) is 4.28. The topological polar surface area (TPSA) is 61.8 Å². The molecule has 1 atom stereocenters. The van der Waals surface area contributed by atoms with Gasteiger partial charge in [0.2, 0.25) is 6.79 Å². The molecule has 1 aliphatic rings. The molecule has 0 aliphatic carbocycles. The Bertz CT molecular complexity index is 723. The zero-order valence-corrected chi connectivity index (χ0v) is 12.7. The van der Waals surface area contributed by atoms with Crippen LogP contribution < -0.4 is 9.47 Å². The van der Waals surface area contributed by atoms with Crippen molar-refractivity contribution in [1.29, 1.82) is 0 Å². The van der Waals surface area contributed by atoms with Crippen LogP contribution in [0.5, 0.6) is 11.5 Å². The average molecular weight is 312 g/mol. The van der Waals surface area contributed by atoms with Gasteiger partial charge in [-0.1, -0.05) is 36.4 Å². The van der Waals surface area contributed by atoms with Crippen LogP contribution in [0.15, 0.2) is 48.5 Å². The highest BCUT2D eigenvalue weighted by Gasteiger charge is 2.27. The fraction of sp³-hybridized carbons (Fsp3) is 0.222. The van der Waals surface area contributed by atoms with Crippen molar-refractivity contribution < 1.29 is 23.8 Å². The van der Waals surface area contributed by atoms with Gasteiger partial charge in [-0.2, -0.15) is 0 Å². The molecule has 0 fully saturated rings. The number of methoxy groups -OCH3 is 1. The van der Waals surface area contributed by atoms with Gasteiger partial charge in [0, 0.05) is 12.0 Å². The minimum absolute atomic E-state index is 0.0380. The second-order valence-corrected chi connectivity index (χ2v) is 5.18. The maximum absolute atomic E-state index is 12.4. The summed E-state index contributed by atoms with van der Waals surface area (Å²) in [5, 5.41) is 0. The van der Waals surface area contributed by atoms with Gasteiger partial charge in [0.15, 0.2) is 17.3 Å². The molecule has 5 heteroatoms. The summed E-state index contributed by atoms with van der Waals surface area (Å²) < 4.78 is 15.5. The first-order valence-corrected chi connectivity index (χ1v) is 7.24. The van der Waals surface area contributed by atoms with E-state index in [9.17, 15) is 9.59 Å². The molecular formula is C18H16O5. The molecule has 0 amide bonds. The van der Waals surface area contributed by atoms with Crippen LogP contribution in [0, 0.1) is 0 Å². The van der Waals surface area contributed by atoms with E-state index < -0.39 is 11.9 Å². The van der Waals surface area contributed by atoms with Crippen molar-refractivity contribution in [2.75, 3.05) is 13.9 Å². The van der Waals surface area contributed by atoms with Crippen molar-refractivity contribution in [1.82, 2.24) is 0 Å². The number of esters is 1. The standard InChI is InChI=1S/C18H16O5/c1-21-18(20)14(10-15(19)12-5-3-2-4-6-12)13-7-8-16-17(9-13)23-11-22-16/h2-9,14H,10-11H2,1H3/t14-/m0/s1. The maximum Gasteiger partial charge on any atom is 0.313 e. The molecule has 0 radical (unpaired) electrons. The molecule has 0 N–H and O–H groups in total. The summed E-state index contributed by atoms with van der Waals surface area (Å²) in [5.41, 5.74) is 1.24. The van der Waals surface area contributed by atoms with Gasteiger partial charge in [-0.05, 0) is 17.7 Å². The molecule has 1 aliphatic heterocycles. The van der Waals surface area contributed by atoms with Crippen LogP contribution in [0.25, 0.3) is 0 Å². The van der Waals surface area contributed by atoms with Crippen LogP contribution in [0.4, 0.5) is 0 Å². The van der Waals surface area contributed by atoms with E-state index >= 15 is 0 Å². The van der Waals surface area contributed by atoms with E-state index in [1.807, 2.05) is 6.07 Å².